The molecule has 0 saturated carbocycles. The maximum atomic E-state index is 11.2. The van der Waals surface area contributed by atoms with E-state index in [0.29, 0.717) is 5.92 Å². The van der Waals surface area contributed by atoms with Crippen molar-refractivity contribution in [2.45, 2.75) is 69.7 Å². The number of benzene rings is 2. The summed E-state index contributed by atoms with van der Waals surface area (Å²) in [5.74, 6) is 1.42. The van der Waals surface area contributed by atoms with Crippen molar-refractivity contribution in [3.05, 3.63) is 58.7 Å². The number of aryl methyl sites for hydroxylation is 1. The number of carbonyl (C=O) groups is 1. The highest BCUT2D eigenvalue weighted by atomic mass is 16.5. The fourth-order valence-corrected chi connectivity index (χ4v) is 5.80. The average Bonchev–Trinajstić information content (AvgIpc) is 2.91. The lowest BCUT2D eigenvalue weighted by Gasteiger charge is -2.51. The van der Waals surface area contributed by atoms with Gasteiger partial charge in [0.05, 0.1) is 25.7 Å². The Morgan fingerprint density at radius 1 is 1.19 bits per heavy atom. The van der Waals surface area contributed by atoms with Crippen LogP contribution in [0.15, 0.2) is 36.4 Å². The second kappa shape index (κ2) is 7.56. The highest BCUT2D eigenvalue weighted by molar-refractivity contribution is 5.70. The van der Waals surface area contributed by atoms with E-state index in [1.165, 1.54) is 11.1 Å². The Bertz CT molecular complexity index is 1010. The van der Waals surface area contributed by atoms with Gasteiger partial charge in [-0.3, -0.25) is 4.79 Å². The molecule has 0 radical (unpaired) electrons. The molecule has 2 aliphatic heterocycles. The van der Waals surface area contributed by atoms with Crippen molar-refractivity contribution in [3.8, 4) is 11.5 Å². The lowest BCUT2D eigenvalue weighted by molar-refractivity contribution is -0.159. The zero-order valence-electron chi connectivity index (χ0n) is 18.4. The van der Waals surface area contributed by atoms with E-state index in [2.05, 4.69) is 32.0 Å². The van der Waals surface area contributed by atoms with Gasteiger partial charge in [-0.05, 0) is 80.5 Å². The second-order valence-corrected chi connectivity index (χ2v) is 9.65. The molecule has 2 heterocycles. The molecule has 1 N–H and O–H groups in total. The van der Waals surface area contributed by atoms with Gasteiger partial charge in [-0.1, -0.05) is 12.1 Å². The Morgan fingerprint density at radius 3 is 2.81 bits per heavy atom. The summed E-state index contributed by atoms with van der Waals surface area (Å²) in [5.41, 5.74) is 4.17. The summed E-state index contributed by atoms with van der Waals surface area (Å²) in [6.07, 6.45) is 4.23. The van der Waals surface area contributed by atoms with Gasteiger partial charge < -0.3 is 19.3 Å². The molecule has 2 aromatic rings. The van der Waals surface area contributed by atoms with E-state index < -0.39 is 5.97 Å². The van der Waals surface area contributed by atoms with Gasteiger partial charge in [0.15, 0.2) is 0 Å². The van der Waals surface area contributed by atoms with E-state index in [1.54, 1.807) is 7.11 Å². The summed E-state index contributed by atoms with van der Waals surface area (Å²) in [4.78, 5) is 11.2. The minimum atomic E-state index is -0.825. The molecular weight excluding hydrogens is 392 g/mol. The largest absolute Gasteiger partial charge is 0.497 e. The number of methoxy groups -OCH3 is 1. The second-order valence-electron chi connectivity index (χ2n) is 9.65. The van der Waals surface area contributed by atoms with Crippen LogP contribution in [0.3, 0.4) is 0 Å². The SMILES string of the molecule is COc1ccc2c(c1)CCC[C@@H]1O[C@@H]3c4cc(CC(=O)O)ccc4OC(C)(C)[C@H]3C[C@H]21. The molecule has 0 bridgehead atoms. The van der Waals surface area contributed by atoms with Crippen molar-refractivity contribution in [2.24, 2.45) is 5.92 Å². The Labute approximate surface area is 183 Å². The summed E-state index contributed by atoms with van der Waals surface area (Å²) < 4.78 is 18.7. The van der Waals surface area contributed by atoms with Gasteiger partial charge in [0.2, 0.25) is 0 Å². The molecule has 1 saturated heterocycles. The number of hydrogen-bond acceptors (Lipinski definition) is 4. The monoisotopic (exact) mass is 422 g/mol. The highest BCUT2D eigenvalue weighted by Gasteiger charge is 2.51. The van der Waals surface area contributed by atoms with E-state index in [-0.39, 0.29) is 30.1 Å². The third kappa shape index (κ3) is 3.59. The van der Waals surface area contributed by atoms with Crippen molar-refractivity contribution in [2.75, 3.05) is 7.11 Å². The molecule has 1 aliphatic carbocycles. The van der Waals surface area contributed by atoms with Crippen molar-refractivity contribution in [1.82, 2.24) is 0 Å². The van der Waals surface area contributed by atoms with Crippen LogP contribution in [0.2, 0.25) is 0 Å². The molecule has 2 aromatic carbocycles. The van der Waals surface area contributed by atoms with Crippen LogP contribution in [-0.4, -0.2) is 29.9 Å². The fraction of sp³-hybridized carbons (Fsp3) is 0.500. The van der Waals surface area contributed by atoms with Gasteiger partial charge in [-0.2, -0.15) is 0 Å². The van der Waals surface area contributed by atoms with Crippen LogP contribution in [0.4, 0.5) is 0 Å². The fourth-order valence-electron chi connectivity index (χ4n) is 5.80. The van der Waals surface area contributed by atoms with Crippen molar-refractivity contribution >= 4 is 5.97 Å². The molecule has 164 valence electrons. The zero-order valence-corrected chi connectivity index (χ0v) is 18.4. The third-order valence-corrected chi connectivity index (χ3v) is 7.33. The quantitative estimate of drug-likeness (QED) is 0.749. The Hall–Kier alpha value is -2.53. The van der Waals surface area contributed by atoms with Gasteiger partial charge in [0.1, 0.15) is 17.1 Å². The lowest BCUT2D eigenvalue weighted by atomic mass is 9.70. The first-order valence-corrected chi connectivity index (χ1v) is 11.2. The molecule has 4 atom stereocenters. The molecule has 0 spiro atoms. The molecule has 0 aromatic heterocycles. The predicted molar refractivity (Wildman–Crippen MR) is 117 cm³/mol. The average molecular weight is 423 g/mol. The number of ether oxygens (including phenoxy) is 3. The van der Waals surface area contributed by atoms with Crippen LogP contribution < -0.4 is 9.47 Å². The maximum absolute atomic E-state index is 11.2. The smallest absolute Gasteiger partial charge is 0.307 e. The first kappa shape index (κ1) is 20.4. The zero-order chi connectivity index (χ0) is 21.8. The molecule has 5 nitrogen and oxygen atoms in total. The van der Waals surface area contributed by atoms with Crippen LogP contribution in [0, 0.1) is 5.92 Å². The molecule has 5 heteroatoms. The van der Waals surface area contributed by atoms with Crippen molar-refractivity contribution in [3.63, 3.8) is 0 Å². The van der Waals surface area contributed by atoms with E-state index in [0.717, 1.165) is 48.3 Å². The first-order valence-electron chi connectivity index (χ1n) is 11.2. The number of carboxylic acids is 1. The molecule has 0 amide bonds. The minimum Gasteiger partial charge on any atom is -0.497 e. The predicted octanol–water partition coefficient (Wildman–Crippen LogP) is 5.06. The summed E-state index contributed by atoms with van der Waals surface area (Å²) in [6, 6.07) is 12.2. The molecule has 3 aliphatic rings. The number of carboxylic acid groups (broad SMARTS) is 1. The lowest BCUT2D eigenvalue weighted by Crippen LogP contribution is -2.50. The van der Waals surface area contributed by atoms with Crippen molar-refractivity contribution in [1.29, 1.82) is 0 Å². The molecule has 31 heavy (non-hydrogen) atoms. The number of fused-ring (bicyclic) bond motifs is 6. The Morgan fingerprint density at radius 2 is 2.03 bits per heavy atom. The maximum Gasteiger partial charge on any atom is 0.307 e. The Kier molecular flexibility index (Phi) is 4.97. The Balaban J connectivity index is 1.53. The van der Waals surface area contributed by atoms with Gasteiger partial charge in [0.25, 0.3) is 0 Å². The number of aliphatic carboxylic acids is 1. The first-order chi connectivity index (χ1) is 14.9. The molecule has 0 unspecified atom stereocenters. The number of rotatable bonds is 3. The van der Waals surface area contributed by atoms with Crippen LogP contribution in [0.1, 0.15) is 67.4 Å². The summed E-state index contributed by atoms with van der Waals surface area (Å²) in [5, 5.41) is 9.23. The summed E-state index contributed by atoms with van der Waals surface area (Å²) in [7, 11) is 1.72. The normalized spacial score (nSPS) is 28.1. The van der Waals surface area contributed by atoms with Crippen LogP contribution in [-0.2, 0) is 22.4 Å². The van der Waals surface area contributed by atoms with Gasteiger partial charge in [-0.25, -0.2) is 0 Å². The van der Waals surface area contributed by atoms with E-state index >= 15 is 0 Å². The summed E-state index contributed by atoms with van der Waals surface area (Å²) >= 11 is 0. The molecule has 1 fully saturated rings. The van der Waals surface area contributed by atoms with Crippen LogP contribution in [0.25, 0.3) is 0 Å². The van der Waals surface area contributed by atoms with E-state index in [4.69, 9.17) is 14.2 Å². The topological polar surface area (TPSA) is 65.0 Å². The van der Waals surface area contributed by atoms with E-state index in [1.807, 2.05) is 18.2 Å². The van der Waals surface area contributed by atoms with Gasteiger partial charge in [-0.15, -0.1) is 0 Å². The standard InChI is InChI=1S/C26H30O5/c1-26(2)21-14-19-18-9-8-17(29-3)13-16(18)5-4-6-22(19)30-25(21)20-11-15(12-24(27)28)7-10-23(20)31-26/h7-11,13,19,21-22,25H,4-6,12,14H2,1-3H3,(H,27,28)/t19-,21+,22+,25-/m1/s1. The van der Waals surface area contributed by atoms with Crippen LogP contribution in [0.5, 0.6) is 11.5 Å². The van der Waals surface area contributed by atoms with Crippen LogP contribution >= 0.6 is 0 Å². The molecule has 5 rings (SSSR count). The highest BCUT2D eigenvalue weighted by Crippen LogP contribution is 2.55. The number of hydrogen-bond donors (Lipinski definition) is 1. The minimum absolute atomic E-state index is 0.00925. The summed E-state index contributed by atoms with van der Waals surface area (Å²) in [6.45, 7) is 4.29. The third-order valence-electron chi connectivity index (χ3n) is 7.33. The van der Waals surface area contributed by atoms with E-state index in [9.17, 15) is 9.90 Å². The van der Waals surface area contributed by atoms with Gasteiger partial charge in [0, 0.05) is 17.4 Å². The molecular formula is C26H30O5. The van der Waals surface area contributed by atoms with Crippen molar-refractivity contribution < 1.29 is 24.1 Å². The van der Waals surface area contributed by atoms with Gasteiger partial charge >= 0.3 is 5.97 Å².